The molecule has 1 atom stereocenters. The normalized spacial score (nSPS) is 11.4. The van der Waals surface area contributed by atoms with Gasteiger partial charge < -0.3 is 15.3 Å². The third kappa shape index (κ3) is 7.80. The molecular weight excluding hydrogens is 163 g/mol. The van der Waals surface area contributed by atoms with E-state index in [-0.39, 0.29) is 42.4 Å². The molecule has 0 unspecified atom stereocenters. The predicted octanol–water partition coefficient (Wildman–Crippen LogP) is -1.08. The Balaban J connectivity index is 0. The van der Waals surface area contributed by atoms with Crippen LogP contribution in [0.1, 0.15) is 12.8 Å². The molecule has 0 aliphatic carbocycles. The minimum atomic E-state index is -1.56. The maximum absolute atomic E-state index is 9.87. The van der Waals surface area contributed by atoms with Gasteiger partial charge in [-0.3, -0.25) is 4.79 Å². The van der Waals surface area contributed by atoms with Crippen molar-refractivity contribution in [2.45, 2.75) is 18.9 Å². The minimum absolute atomic E-state index is 0. The van der Waals surface area contributed by atoms with Gasteiger partial charge in [0.2, 0.25) is 0 Å². The van der Waals surface area contributed by atoms with E-state index in [2.05, 4.69) is 0 Å². The quantitative estimate of drug-likeness (QED) is 0.467. The van der Waals surface area contributed by atoms with Crippen LogP contribution in [0.3, 0.4) is 0 Å². The van der Waals surface area contributed by atoms with Crippen LogP contribution in [0, 0.1) is 0 Å². The molecule has 0 rings (SSSR count). The Bertz CT molecular complexity index is 146. The van der Waals surface area contributed by atoms with Crippen molar-refractivity contribution >= 4 is 41.5 Å². The zero-order chi connectivity index (χ0) is 8.15. The molecule has 59 valence electrons. The Labute approximate surface area is 85.3 Å². The summed E-state index contributed by atoms with van der Waals surface area (Å²) in [5.41, 5.74) is 0. The molecule has 0 fully saturated rings. The molecule has 0 heterocycles. The van der Waals surface area contributed by atoms with Gasteiger partial charge in [0.05, 0.1) is 0 Å². The molecule has 1 radical (unpaired) electrons. The first-order valence-corrected chi connectivity index (χ1v) is 2.66. The molecule has 0 aromatic rings. The van der Waals surface area contributed by atoms with Crippen LogP contribution in [0.5, 0.6) is 0 Å². The van der Waals surface area contributed by atoms with Crippen molar-refractivity contribution in [3.63, 3.8) is 0 Å². The molecule has 0 aliphatic rings. The van der Waals surface area contributed by atoms with Crippen LogP contribution in [-0.4, -0.2) is 62.9 Å². The Morgan fingerprint density at radius 3 is 2.00 bits per heavy atom. The second kappa shape index (κ2) is 6.60. The molecule has 0 spiro atoms. The molecule has 0 aliphatic heterocycles. The predicted molar refractivity (Wildman–Crippen MR) is 36.3 cm³/mol. The Morgan fingerprint density at radius 1 is 1.27 bits per heavy atom. The minimum Gasteiger partial charge on any atom is -0.481 e. The monoisotopic (exact) mass is 171 g/mol. The molecule has 0 aromatic heterocycles. The Hall–Kier alpha value is -0.100. The number of carboxylic acids is 2. The third-order valence-corrected chi connectivity index (χ3v) is 0.917. The summed E-state index contributed by atoms with van der Waals surface area (Å²) in [6.45, 7) is 0. The summed E-state index contributed by atoms with van der Waals surface area (Å²) in [6, 6.07) is 0. The number of aliphatic carboxylic acids is 2. The first kappa shape index (κ1) is 13.5. The maximum Gasteiger partial charge on any atom is 0.332 e. The van der Waals surface area contributed by atoms with E-state index in [0.29, 0.717) is 0 Å². The first-order valence-electron chi connectivity index (χ1n) is 2.66. The Morgan fingerprint density at radius 2 is 1.73 bits per heavy atom. The second-order valence-corrected chi connectivity index (χ2v) is 1.79. The summed E-state index contributed by atoms with van der Waals surface area (Å²) in [4.78, 5) is 19.7. The van der Waals surface area contributed by atoms with Gasteiger partial charge in [0.25, 0.3) is 0 Å². The van der Waals surface area contributed by atoms with Crippen molar-refractivity contribution in [1.29, 1.82) is 0 Å². The molecule has 0 saturated carbocycles. The summed E-state index contributed by atoms with van der Waals surface area (Å²) < 4.78 is 0. The van der Waals surface area contributed by atoms with Crippen molar-refractivity contribution < 1.29 is 24.9 Å². The van der Waals surface area contributed by atoms with Gasteiger partial charge in [-0.15, -0.1) is 0 Å². The smallest absolute Gasteiger partial charge is 0.332 e. The molecule has 0 saturated heterocycles. The molecule has 3 N–H and O–H groups in total. The van der Waals surface area contributed by atoms with Gasteiger partial charge in [-0.2, -0.15) is 0 Å². The standard InChI is InChI=1S/C5H8O5.Na/c6-3(5(9)10)1-2-4(7)8;/h3,6H,1-2H2,(H,7,8)(H,9,10);/t3-;/m0./s1. The van der Waals surface area contributed by atoms with Crippen molar-refractivity contribution in [2.75, 3.05) is 0 Å². The van der Waals surface area contributed by atoms with Crippen molar-refractivity contribution in [1.82, 2.24) is 0 Å². The molecular formula is C5H8NaO5. The molecule has 0 bridgehead atoms. The number of rotatable bonds is 4. The van der Waals surface area contributed by atoms with E-state index in [1.807, 2.05) is 0 Å². The van der Waals surface area contributed by atoms with E-state index in [9.17, 15) is 9.59 Å². The summed E-state index contributed by atoms with van der Waals surface area (Å²) >= 11 is 0. The zero-order valence-electron chi connectivity index (χ0n) is 6.15. The van der Waals surface area contributed by atoms with Crippen LogP contribution in [-0.2, 0) is 9.59 Å². The Kier molecular flexibility index (Phi) is 8.09. The van der Waals surface area contributed by atoms with Gasteiger partial charge in [-0.1, -0.05) is 0 Å². The van der Waals surface area contributed by atoms with Crippen LogP contribution in [0.25, 0.3) is 0 Å². The van der Waals surface area contributed by atoms with Crippen molar-refractivity contribution in [3.8, 4) is 0 Å². The summed E-state index contributed by atoms with van der Waals surface area (Å²) in [5.74, 6) is -2.50. The zero-order valence-corrected chi connectivity index (χ0v) is 8.15. The summed E-state index contributed by atoms with van der Waals surface area (Å²) in [5, 5.41) is 24.6. The van der Waals surface area contributed by atoms with Gasteiger partial charge >= 0.3 is 11.9 Å². The molecule has 11 heavy (non-hydrogen) atoms. The average molecular weight is 171 g/mol. The van der Waals surface area contributed by atoms with E-state index in [4.69, 9.17) is 15.3 Å². The first-order chi connectivity index (χ1) is 4.54. The van der Waals surface area contributed by atoms with Gasteiger partial charge in [0, 0.05) is 36.0 Å². The van der Waals surface area contributed by atoms with Crippen LogP contribution < -0.4 is 0 Å². The second-order valence-electron chi connectivity index (χ2n) is 1.79. The fourth-order valence-corrected chi connectivity index (χ4v) is 0.384. The van der Waals surface area contributed by atoms with Crippen molar-refractivity contribution in [3.05, 3.63) is 0 Å². The number of hydrogen-bond donors (Lipinski definition) is 3. The van der Waals surface area contributed by atoms with Gasteiger partial charge in [-0.05, 0) is 6.42 Å². The SMILES string of the molecule is O=C(O)CC[C@H](O)C(=O)O.[Na]. The maximum atomic E-state index is 9.87. The van der Waals surface area contributed by atoms with E-state index in [1.54, 1.807) is 0 Å². The number of carbonyl (C=O) groups is 2. The van der Waals surface area contributed by atoms with E-state index in [1.165, 1.54) is 0 Å². The molecule has 0 amide bonds. The number of hydrogen-bond acceptors (Lipinski definition) is 3. The molecule has 6 heteroatoms. The summed E-state index contributed by atoms with van der Waals surface area (Å²) in [6.07, 6.45) is -2.13. The molecule has 0 aromatic carbocycles. The van der Waals surface area contributed by atoms with E-state index >= 15 is 0 Å². The number of aliphatic hydroxyl groups is 1. The average Bonchev–Trinajstić information content (AvgIpc) is 1.82. The van der Waals surface area contributed by atoms with Gasteiger partial charge in [-0.25, -0.2) is 4.79 Å². The van der Waals surface area contributed by atoms with E-state index < -0.39 is 18.0 Å². The number of carboxylic acid groups (broad SMARTS) is 2. The van der Waals surface area contributed by atoms with Gasteiger partial charge in [0.1, 0.15) is 0 Å². The van der Waals surface area contributed by atoms with Crippen LogP contribution in [0.15, 0.2) is 0 Å². The fourth-order valence-electron chi connectivity index (χ4n) is 0.384. The van der Waals surface area contributed by atoms with Crippen molar-refractivity contribution in [2.24, 2.45) is 0 Å². The van der Waals surface area contributed by atoms with E-state index in [0.717, 1.165) is 0 Å². The van der Waals surface area contributed by atoms with Crippen LogP contribution in [0.2, 0.25) is 0 Å². The fraction of sp³-hybridized carbons (Fsp3) is 0.600. The topological polar surface area (TPSA) is 94.8 Å². The largest absolute Gasteiger partial charge is 0.481 e. The van der Waals surface area contributed by atoms with Crippen LogP contribution in [0.4, 0.5) is 0 Å². The van der Waals surface area contributed by atoms with Crippen LogP contribution >= 0.6 is 0 Å². The summed E-state index contributed by atoms with van der Waals surface area (Å²) in [7, 11) is 0. The van der Waals surface area contributed by atoms with Gasteiger partial charge in [0.15, 0.2) is 6.10 Å². The molecule has 5 nitrogen and oxygen atoms in total. The number of aliphatic hydroxyl groups excluding tert-OH is 1. The third-order valence-electron chi connectivity index (χ3n) is 0.917.